The highest BCUT2D eigenvalue weighted by Gasteiger charge is 2.04. The molecule has 0 fully saturated rings. The number of nitrogens with one attached hydrogen (secondary N) is 1. The highest BCUT2D eigenvalue weighted by molar-refractivity contribution is 9.10. The van der Waals surface area contributed by atoms with Gasteiger partial charge in [-0.25, -0.2) is 0 Å². The van der Waals surface area contributed by atoms with E-state index < -0.39 is 0 Å². The van der Waals surface area contributed by atoms with E-state index in [9.17, 15) is 0 Å². The Morgan fingerprint density at radius 3 is 3.20 bits per heavy atom. The second-order valence-corrected chi connectivity index (χ2v) is 4.70. The minimum absolute atomic E-state index is 0.857. The van der Waals surface area contributed by atoms with Crippen LogP contribution in [0.3, 0.4) is 0 Å². The van der Waals surface area contributed by atoms with Crippen LogP contribution in [0.4, 0.5) is 0 Å². The monoisotopic (exact) mass is 280 g/mol. The quantitative estimate of drug-likeness (QED) is 0.814. The van der Waals surface area contributed by atoms with E-state index in [1.54, 1.807) is 24.2 Å². The first-order chi connectivity index (χ1) is 7.33. The Balaban J connectivity index is 2.50. The predicted molar refractivity (Wildman–Crippen MR) is 69.1 cm³/mol. The summed E-state index contributed by atoms with van der Waals surface area (Å²) >= 11 is 5.21. The van der Waals surface area contributed by atoms with E-state index in [1.807, 2.05) is 12.5 Å². The lowest BCUT2D eigenvalue weighted by Crippen LogP contribution is -1.77. The lowest BCUT2D eigenvalue weighted by atomic mass is 10.2. The Labute approximate surface area is 101 Å². The van der Waals surface area contributed by atoms with Crippen molar-refractivity contribution in [3.05, 3.63) is 28.6 Å². The lowest BCUT2D eigenvalue weighted by molar-refractivity contribution is 1.33. The smallest absolute Gasteiger partial charge is 0.0664 e. The Hall–Kier alpha value is -0.920. The number of hydrogen-bond donors (Lipinski definition) is 1. The van der Waals surface area contributed by atoms with Gasteiger partial charge in [0, 0.05) is 22.3 Å². The number of hydrogen-bond acceptors (Lipinski definition) is 2. The zero-order chi connectivity index (χ0) is 10.7. The summed E-state index contributed by atoms with van der Waals surface area (Å²) in [6.45, 7) is 0. The zero-order valence-electron chi connectivity index (χ0n) is 8.17. The Morgan fingerprint density at radius 2 is 2.40 bits per heavy atom. The van der Waals surface area contributed by atoms with Crippen molar-refractivity contribution in [1.82, 2.24) is 9.97 Å². The summed E-state index contributed by atoms with van der Waals surface area (Å²) in [6.07, 6.45) is 7.56. The number of fused-ring (bicyclic) bond motifs is 1. The molecule has 15 heavy (non-hydrogen) atoms. The van der Waals surface area contributed by atoms with E-state index >= 15 is 0 Å². The molecule has 0 aliphatic rings. The second kappa shape index (κ2) is 4.73. The van der Waals surface area contributed by atoms with Crippen LogP contribution in [0.15, 0.2) is 23.1 Å². The summed E-state index contributed by atoms with van der Waals surface area (Å²) in [6, 6.07) is 0. The van der Waals surface area contributed by atoms with Crippen LogP contribution in [0.25, 0.3) is 10.9 Å². The molecule has 2 nitrogen and oxygen atoms in total. The molecule has 76 valence electrons. The van der Waals surface area contributed by atoms with Crippen LogP contribution in [-0.4, -0.2) is 22.0 Å². The summed E-state index contributed by atoms with van der Waals surface area (Å²) < 4.78 is 0.981. The molecule has 0 aliphatic heterocycles. The standard InChI is InChI=1S/C11H9BrN2S/c1-15-4-2-3-8-5-14-10-7-13-6-9(12)11(8)10/h5-7,14H,4H2,1H3. The van der Waals surface area contributed by atoms with Gasteiger partial charge < -0.3 is 4.98 Å². The molecule has 0 aromatic carbocycles. The highest BCUT2D eigenvalue weighted by atomic mass is 79.9. The normalized spacial score (nSPS) is 10.0. The Morgan fingerprint density at radius 1 is 1.53 bits per heavy atom. The van der Waals surface area contributed by atoms with Crippen molar-refractivity contribution in [1.29, 1.82) is 0 Å². The molecule has 2 aromatic heterocycles. The summed E-state index contributed by atoms with van der Waals surface area (Å²) in [5, 5.41) is 1.11. The number of aromatic nitrogens is 2. The van der Waals surface area contributed by atoms with Gasteiger partial charge in [0.05, 0.1) is 23.0 Å². The maximum atomic E-state index is 4.09. The van der Waals surface area contributed by atoms with Crippen molar-refractivity contribution in [3.8, 4) is 11.8 Å². The van der Waals surface area contributed by atoms with Gasteiger partial charge in [0.2, 0.25) is 0 Å². The summed E-state index contributed by atoms with van der Waals surface area (Å²) in [4.78, 5) is 7.25. The SMILES string of the molecule is CSCC#Cc1c[nH]c2cncc(Br)c12. The van der Waals surface area contributed by atoms with Crippen LogP contribution in [-0.2, 0) is 0 Å². The molecule has 0 radical (unpaired) electrons. The molecule has 0 atom stereocenters. The van der Waals surface area contributed by atoms with Crippen LogP contribution >= 0.6 is 27.7 Å². The molecule has 2 rings (SSSR count). The number of rotatable bonds is 1. The highest BCUT2D eigenvalue weighted by Crippen LogP contribution is 2.24. The van der Waals surface area contributed by atoms with Crippen molar-refractivity contribution in [2.75, 3.05) is 12.0 Å². The summed E-state index contributed by atoms with van der Waals surface area (Å²) in [7, 11) is 0. The molecule has 2 heterocycles. The second-order valence-electron chi connectivity index (χ2n) is 2.98. The van der Waals surface area contributed by atoms with Gasteiger partial charge in [-0.15, -0.1) is 0 Å². The van der Waals surface area contributed by atoms with E-state index in [1.165, 1.54) is 0 Å². The van der Waals surface area contributed by atoms with Gasteiger partial charge in [0.15, 0.2) is 0 Å². The maximum absolute atomic E-state index is 4.09. The molecule has 4 heteroatoms. The molecule has 0 bridgehead atoms. The Kier molecular flexibility index (Phi) is 3.34. The molecule has 2 aromatic rings. The molecule has 0 saturated heterocycles. The van der Waals surface area contributed by atoms with Gasteiger partial charge >= 0.3 is 0 Å². The fourth-order valence-corrected chi connectivity index (χ4v) is 2.10. The van der Waals surface area contributed by atoms with Crippen molar-refractivity contribution in [3.63, 3.8) is 0 Å². The molecule has 1 N–H and O–H groups in total. The third-order valence-corrected chi connectivity index (χ3v) is 3.01. The van der Waals surface area contributed by atoms with Gasteiger partial charge in [0.1, 0.15) is 0 Å². The lowest BCUT2D eigenvalue weighted by Gasteiger charge is -1.93. The average molecular weight is 281 g/mol. The molecule has 0 unspecified atom stereocenters. The minimum atomic E-state index is 0.857. The third-order valence-electron chi connectivity index (χ3n) is 1.98. The Bertz CT molecular complexity index is 536. The molecular formula is C11H9BrN2S. The first kappa shape index (κ1) is 10.6. The van der Waals surface area contributed by atoms with Crippen LogP contribution in [0.2, 0.25) is 0 Å². The molecule has 0 aliphatic carbocycles. The fraction of sp³-hybridized carbons (Fsp3) is 0.182. The number of H-pyrrole nitrogens is 1. The summed E-state index contributed by atoms with van der Waals surface area (Å²) in [5.74, 6) is 7.11. The van der Waals surface area contributed by atoms with Gasteiger partial charge in [0.25, 0.3) is 0 Å². The van der Waals surface area contributed by atoms with E-state index in [0.29, 0.717) is 0 Å². The topological polar surface area (TPSA) is 28.7 Å². The first-order valence-electron chi connectivity index (χ1n) is 4.41. The van der Waals surface area contributed by atoms with Gasteiger partial charge in [-0.05, 0) is 22.2 Å². The van der Waals surface area contributed by atoms with Crippen molar-refractivity contribution in [2.45, 2.75) is 0 Å². The van der Waals surface area contributed by atoms with Gasteiger partial charge in [-0.3, -0.25) is 4.98 Å². The number of nitrogens with zero attached hydrogens (tertiary/aromatic N) is 1. The molecule has 0 spiro atoms. The van der Waals surface area contributed by atoms with E-state index in [-0.39, 0.29) is 0 Å². The van der Waals surface area contributed by atoms with E-state index in [0.717, 1.165) is 26.7 Å². The van der Waals surface area contributed by atoms with Crippen molar-refractivity contribution < 1.29 is 0 Å². The van der Waals surface area contributed by atoms with E-state index in [4.69, 9.17) is 0 Å². The molecule has 0 amide bonds. The van der Waals surface area contributed by atoms with Gasteiger partial charge in [-0.1, -0.05) is 11.8 Å². The molecule has 0 saturated carbocycles. The number of aromatic amines is 1. The minimum Gasteiger partial charge on any atom is -0.359 e. The number of pyridine rings is 1. The van der Waals surface area contributed by atoms with Crippen LogP contribution < -0.4 is 0 Å². The maximum Gasteiger partial charge on any atom is 0.0664 e. The first-order valence-corrected chi connectivity index (χ1v) is 6.60. The van der Waals surface area contributed by atoms with Crippen LogP contribution in [0.5, 0.6) is 0 Å². The third kappa shape index (κ3) is 2.19. The number of halogens is 1. The van der Waals surface area contributed by atoms with Crippen molar-refractivity contribution >= 4 is 38.6 Å². The van der Waals surface area contributed by atoms with Crippen LogP contribution in [0, 0.1) is 11.8 Å². The zero-order valence-corrected chi connectivity index (χ0v) is 10.6. The molecular weight excluding hydrogens is 272 g/mol. The largest absolute Gasteiger partial charge is 0.359 e. The number of thioether (sulfide) groups is 1. The summed E-state index contributed by atoms with van der Waals surface area (Å²) in [5.41, 5.74) is 2.03. The fourth-order valence-electron chi connectivity index (χ4n) is 1.34. The van der Waals surface area contributed by atoms with Crippen molar-refractivity contribution in [2.24, 2.45) is 0 Å². The predicted octanol–water partition coefficient (Wildman–Crippen LogP) is 3.04. The van der Waals surface area contributed by atoms with E-state index in [2.05, 4.69) is 37.7 Å². The van der Waals surface area contributed by atoms with Gasteiger partial charge in [-0.2, -0.15) is 11.8 Å². The van der Waals surface area contributed by atoms with Crippen LogP contribution in [0.1, 0.15) is 5.56 Å². The average Bonchev–Trinajstić information content (AvgIpc) is 2.63.